The Morgan fingerprint density at radius 3 is 2.25 bits per heavy atom. The first kappa shape index (κ1) is 47.0. The Hall–Kier alpha value is -2.65. The van der Waals surface area contributed by atoms with Crippen LogP contribution in [0.2, 0.25) is 0 Å². The van der Waals surface area contributed by atoms with Gasteiger partial charge in [-0.25, -0.2) is 0 Å². The van der Waals surface area contributed by atoms with Gasteiger partial charge in [-0.2, -0.15) is 0 Å². The molecule has 1 aromatic carbocycles. The van der Waals surface area contributed by atoms with E-state index in [4.69, 9.17) is 23.8 Å². The predicted molar refractivity (Wildman–Crippen MR) is 216 cm³/mol. The second-order valence-electron chi connectivity index (χ2n) is 18.0. The zero-order valence-electron chi connectivity index (χ0n) is 36.0. The van der Waals surface area contributed by atoms with Crippen LogP contribution in [0.5, 0.6) is 0 Å². The molecule has 3 fully saturated rings. The number of oxime groups is 1. The molecule has 13 heteroatoms. The fraction of sp³-hybridized carbons (Fsp3) is 0.795. The van der Waals surface area contributed by atoms with Crippen LogP contribution in [0.4, 0.5) is 0 Å². The van der Waals surface area contributed by atoms with E-state index in [0.29, 0.717) is 30.2 Å². The summed E-state index contributed by atoms with van der Waals surface area (Å²) in [6.45, 7) is 14.0. The molecule has 2 aliphatic heterocycles. The average Bonchev–Trinajstić information content (AvgIpc) is 3.16. The monoisotopic (exact) mass is 805 g/mol. The van der Waals surface area contributed by atoms with Crippen molar-refractivity contribution >= 4 is 17.7 Å². The molecule has 324 valence electrons. The Balaban J connectivity index is 1.82. The van der Waals surface area contributed by atoms with Crippen LogP contribution in [-0.2, 0) is 39.8 Å². The molecule has 13 nitrogen and oxygen atoms in total. The third kappa shape index (κ3) is 12.0. The molecule has 0 radical (unpaired) electrons. The van der Waals surface area contributed by atoms with Gasteiger partial charge in [-0.3, -0.25) is 9.59 Å². The van der Waals surface area contributed by atoms with E-state index in [2.05, 4.69) is 5.16 Å². The minimum absolute atomic E-state index is 0.0169. The van der Waals surface area contributed by atoms with Crippen LogP contribution in [0.1, 0.15) is 112 Å². The van der Waals surface area contributed by atoms with Crippen LogP contribution in [0, 0.1) is 29.6 Å². The zero-order valence-corrected chi connectivity index (χ0v) is 36.0. The lowest BCUT2D eigenvalue weighted by Gasteiger charge is -2.47. The van der Waals surface area contributed by atoms with Crippen molar-refractivity contribution in [3.05, 3.63) is 35.9 Å². The second kappa shape index (κ2) is 20.5. The SMILES string of the molecule is CC[C@H]1OC(=O)[C@H](C)[C@@H](OC(=O)Cc2ccccc2)[C@H](C)[C@@H](O[C@@H]2O[C@H](C)C[C@H](N(C)C)[C@H]2O)[C@@](C)(O)C[C@H](C)/C(=N\OCC2CCCCC2)[C@H](C)[C@@H](O)[C@]1(C)O. The Kier molecular flexibility index (Phi) is 17.0. The molecule has 0 spiro atoms. The Morgan fingerprint density at radius 1 is 0.982 bits per heavy atom. The van der Waals surface area contributed by atoms with Crippen molar-refractivity contribution in [2.45, 2.75) is 173 Å². The van der Waals surface area contributed by atoms with Gasteiger partial charge in [0.15, 0.2) is 6.29 Å². The molecule has 1 aromatic rings. The molecule has 3 aliphatic rings. The van der Waals surface area contributed by atoms with E-state index in [1.807, 2.05) is 51.0 Å². The number of likely N-dealkylation sites (N-methyl/N-ethyl adjacent to an activating group) is 1. The molecular formula is C44H72N2O11. The lowest BCUT2D eigenvalue weighted by Crippen LogP contribution is -2.60. The lowest BCUT2D eigenvalue weighted by atomic mass is 9.73. The zero-order chi connectivity index (χ0) is 42.2. The van der Waals surface area contributed by atoms with Crippen LogP contribution >= 0.6 is 0 Å². The van der Waals surface area contributed by atoms with Gasteiger partial charge in [0, 0.05) is 23.8 Å². The van der Waals surface area contributed by atoms with Crippen LogP contribution < -0.4 is 0 Å². The third-order valence-electron chi connectivity index (χ3n) is 12.7. The third-order valence-corrected chi connectivity index (χ3v) is 12.7. The van der Waals surface area contributed by atoms with E-state index in [-0.39, 0.29) is 31.4 Å². The van der Waals surface area contributed by atoms with Gasteiger partial charge >= 0.3 is 11.9 Å². The first-order chi connectivity index (χ1) is 26.8. The maximum Gasteiger partial charge on any atom is 0.312 e. The lowest BCUT2D eigenvalue weighted by molar-refractivity contribution is -0.299. The molecule has 57 heavy (non-hydrogen) atoms. The van der Waals surface area contributed by atoms with Crippen molar-refractivity contribution in [1.29, 1.82) is 0 Å². The van der Waals surface area contributed by atoms with Crippen molar-refractivity contribution in [2.24, 2.45) is 34.7 Å². The molecule has 2 heterocycles. The van der Waals surface area contributed by atoms with E-state index in [1.54, 1.807) is 46.8 Å². The van der Waals surface area contributed by atoms with Crippen LogP contribution in [0.3, 0.4) is 0 Å². The summed E-state index contributed by atoms with van der Waals surface area (Å²) in [6, 6.07) is 8.77. The van der Waals surface area contributed by atoms with E-state index in [9.17, 15) is 30.0 Å². The van der Waals surface area contributed by atoms with Gasteiger partial charge in [-0.1, -0.05) is 82.4 Å². The maximum atomic E-state index is 14.2. The highest BCUT2D eigenvalue weighted by atomic mass is 16.7. The first-order valence-corrected chi connectivity index (χ1v) is 21.2. The Morgan fingerprint density at radius 2 is 1.63 bits per heavy atom. The normalized spacial score (nSPS) is 40.0. The van der Waals surface area contributed by atoms with Gasteiger partial charge in [-0.15, -0.1) is 0 Å². The summed E-state index contributed by atoms with van der Waals surface area (Å²) in [6.07, 6.45) is -1.35. The number of cyclic esters (lactones) is 1. The number of rotatable bonds is 10. The molecular weight excluding hydrogens is 732 g/mol. The molecule has 1 aliphatic carbocycles. The molecule has 2 saturated heterocycles. The Labute approximate surface area is 340 Å². The molecule has 0 aromatic heterocycles. The molecule has 1 saturated carbocycles. The van der Waals surface area contributed by atoms with Gasteiger partial charge in [0.25, 0.3) is 0 Å². The van der Waals surface area contributed by atoms with Crippen molar-refractivity contribution in [3.63, 3.8) is 0 Å². The first-order valence-electron chi connectivity index (χ1n) is 21.2. The van der Waals surface area contributed by atoms with Gasteiger partial charge in [-0.05, 0) is 85.4 Å². The number of aliphatic hydroxyl groups is 4. The van der Waals surface area contributed by atoms with Crippen LogP contribution in [0.15, 0.2) is 35.5 Å². The summed E-state index contributed by atoms with van der Waals surface area (Å²) >= 11 is 0. The molecule has 4 rings (SSSR count). The fourth-order valence-electron chi connectivity index (χ4n) is 9.32. The number of ether oxygens (including phenoxy) is 4. The van der Waals surface area contributed by atoms with Crippen molar-refractivity contribution in [1.82, 2.24) is 4.90 Å². The van der Waals surface area contributed by atoms with Gasteiger partial charge < -0.3 is 49.1 Å². The number of carbonyl (C=O) groups is 2. The van der Waals surface area contributed by atoms with E-state index >= 15 is 0 Å². The molecule has 0 bridgehead atoms. The van der Waals surface area contributed by atoms with Gasteiger partial charge in [0.05, 0.1) is 42.0 Å². The highest BCUT2D eigenvalue weighted by molar-refractivity contribution is 5.88. The second-order valence-corrected chi connectivity index (χ2v) is 18.0. The Bertz CT molecular complexity index is 1450. The molecule has 0 unspecified atom stereocenters. The highest BCUT2D eigenvalue weighted by Crippen LogP contribution is 2.39. The number of aliphatic hydroxyl groups excluding tert-OH is 2. The topological polar surface area (TPSA) is 177 Å². The van der Waals surface area contributed by atoms with Crippen molar-refractivity contribution in [2.75, 3.05) is 20.7 Å². The largest absolute Gasteiger partial charge is 0.461 e. The molecule has 0 amide bonds. The number of esters is 2. The van der Waals surface area contributed by atoms with E-state index < -0.39 is 83.6 Å². The van der Waals surface area contributed by atoms with Crippen LogP contribution in [-0.4, -0.2) is 124 Å². The van der Waals surface area contributed by atoms with Gasteiger partial charge in [0.2, 0.25) is 0 Å². The molecule has 4 N–H and O–H groups in total. The summed E-state index contributed by atoms with van der Waals surface area (Å²) in [5, 5.41) is 52.8. The summed E-state index contributed by atoms with van der Waals surface area (Å²) in [4.78, 5) is 35.8. The van der Waals surface area contributed by atoms with Crippen molar-refractivity contribution in [3.8, 4) is 0 Å². The average molecular weight is 805 g/mol. The summed E-state index contributed by atoms with van der Waals surface area (Å²) in [7, 11) is 3.74. The number of nitrogens with zero attached hydrogens (tertiary/aromatic N) is 2. The summed E-state index contributed by atoms with van der Waals surface area (Å²) in [5.41, 5.74) is -2.54. The quantitative estimate of drug-likeness (QED) is 0.184. The molecule has 14 atom stereocenters. The number of hydrogen-bond acceptors (Lipinski definition) is 13. The highest BCUT2D eigenvalue weighted by Gasteiger charge is 2.52. The number of carbonyl (C=O) groups excluding carboxylic acids is 2. The number of benzene rings is 1. The predicted octanol–water partition coefficient (Wildman–Crippen LogP) is 5.04. The van der Waals surface area contributed by atoms with E-state index in [1.165, 1.54) is 13.3 Å². The van der Waals surface area contributed by atoms with Crippen LogP contribution in [0.25, 0.3) is 0 Å². The van der Waals surface area contributed by atoms with E-state index in [0.717, 1.165) is 25.7 Å². The number of hydrogen-bond donors (Lipinski definition) is 4. The van der Waals surface area contributed by atoms with Gasteiger partial charge in [0.1, 0.15) is 30.5 Å². The summed E-state index contributed by atoms with van der Waals surface area (Å²) in [5.74, 6) is -4.35. The minimum atomic E-state index is -1.93. The van der Waals surface area contributed by atoms with Crippen molar-refractivity contribution < 1.29 is 53.8 Å². The maximum absolute atomic E-state index is 14.2. The minimum Gasteiger partial charge on any atom is -0.461 e. The standard InChI is InChI=1S/C44H72N2O11/c1-11-34-44(8,52)39(49)28(4)36(45-53-25-32-20-16-13-17-21-32)26(2)24-43(7,51)40(57-42-37(48)33(46(9)10)22-27(3)54-42)29(5)38(30(6)41(50)55-34)56-35(47)23-31-18-14-12-15-19-31/h12,14-15,18-19,26-30,32-34,37-40,42,48-49,51-52H,11,13,16-17,20-25H2,1-10H3/b45-36+/t26-,27+,28-,29-,30+,33-,34+,37+,38-,39+,40+,42-,43-,44+/m0/s1. The smallest absolute Gasteiger partial charge is 0.312 e. The summed E-state index contributed by atoms with van der Waals surface area (Å²) < 4.78 is 25.1. The fourth-order valence-corrected chi connectivity index (χ4v) is 9.32.